The highest BCUT2D eigenvalue weighted by molar-refractivity contribution is 7.47. The molecular weight excluding hydrogens is 1050 g/mol. The molecule has 0 rings (SSSR count). The van der Waals surface area contributed by atoms with Gasteiger partial charge in [0.15, 0.2) is 12.2 Å². The minimum absolute atomic E-state index is 0.105. The maximum atomic E-state index is 12.9. The summed E-state index contributed by atoms with van der Waals surface area (Å²) in [6, 6.07) is 0. The van der Waals surface area contributed by atoms with Crippen molar-refractivity contribution in [1.82, 2.24) is 0 Å². The van der Waals surface area contributed by atoms with Crippen LogP contribution in [0.15, 0.2) is 0 Å². The van der Waals surface area contributed by atoms with Gasteiger partial charge in [-0.2, -0.15) is 0 Å². The van der Waals surface area contributed by atoms with Crippen molar-refractivity contribution in [3.63, 3.8) is 0 Å². The van der Waals surface area contributed by atoms with E-state index in [0.717, 1.165) is 102 Å². The van der Waals surface area contributed by atoms with E-state index in [1.807, 2.05) is 0 Å². The van der Waals surface area contributed by atoms with Crippen molar-refractivity contribution in [3.8, 4) is 0 Å². The van der Waals surface area contributed by atoms with Gasteiger partial charge < -0.3 is 33.8 Å². The van der Waals surface area contributed by atoms with E-state index in [4.69, 9.17) is 37.0 Å². The van der Waals surface area contributed by atoms with Gasteiger partial charge in [0.2, 0.25) is 0 Å². The summed E-state index contributed by atoms with van der Waals surface area (Å²) in [4.78, 5) is 71.8. The minimum Gasteiger partial charge on any atom is -0.462 e. The van der Waals surface area contributed by atoms with E-state index in [0.29, 0.717) is 25.7 Å². The predicted molar refractivity (Wildman–Crippen MR) is 312 cm³/mol. The lowest BCUT2D eigenvalue weighted by Gasteiger charge is -2.21. The Kier molecular flexibility index (Phi) is 52.7. The number of carbonyl (C=O) groups excluding carboxylic acids is 4. The first-order chi connectivity index (χ1) is 38.1. The second-order valence-corrected chi connectivity index (χ2v) is 24.9. The number of phosphoric ester groups is 2. The molecule has 0 bridgehead atoms. The van der Waals surface area contributed by atoms with Crippen LogP contribution in [0.5, 0.6) is 0 Å². The zero-order valence-electron chi connectivity index (χ0n) is 50.5. The van der Waals surface area contributed by atoms with Crippen molar-refractivity contribution in [3.05, 3.63) is 0 Å². The molecule has 17 nitrogen and oxygen atoms in total. The van der Waals surface area contributed by atoms with Crippen LogP contribution in [0.1, 0.15) is 298 Å². The number of phosphoric acid groups is 2. The van der Waals surface area contributed by atoms with Gasteiger partial charge in [0.25, 0.3) is 0 Å². The Labute approximate surface area is 479 Å². The number of esters is 4. The third-order valence-electron chi connectivity index (χ3n) is 14.1. The summed E-state index contributed by atoms with van der Waals surface area (Å²) in [7, 11) is -9.87. The van der Waals surface area contributed by atoms with Gasteiger partial charge in [-0.05, 0) is 31.6 Å². The van der Waals surface area contributed by atoms with Crippen molar-refractivity contribution in [2.24, 2.45) is 5.92 Å². The second kappa shape index (κ2) is 54.0. The molecule has 468 valence electrons. The molecule has 0 aromatic heterocycles. The first-order valence-electron chi connectivity index (χ1n) is 31.7. The van der Waals surface area contributed by atoms with Crippen LogP contribution < -0.4 is 0 Å². The summed E-state index contributed by atoms with van der Waals surface area (Å²) in [5, 5.41) is 10.5. The van der Waals surface area contributed by atoms with Gasteiger partial charge in [0, 0.05) is 25.7 Å². The number of rotatable bonds is 60. The summed E-state index contributed by atoms with van der Waals surface area (Å²) < 4.78 is 67.6. The molecular formula is C60H116O17P2. The third kappa shape index (κ3) is 53.8. The lowest BCUT2D eigenvalue weighted by molar-refractivity contribution is -0.161. The van der Waals surface area contributed by atoms with E-state index in [1.54, 1.807) is 0 Å². The fourth-order valence-corrected chi connectivity index (χ4v) is 10.4. The zero-order valence-corrected chi connectivity index (χ0v) is 52.3. The first-order valence-corrected chi connectivity index (χ1v) is 34.7. The van der Waals surface area contributed by atoms with Crippen LogP contribution in [0.4, 0.5) is 0 Å². The summed E-state index contributed by atoms with van der Waals surface area (Å²) in [6.45, 7) is 7.07. The van der Waals surface area contributed by atoms with E-state index in [9.17, 15) is 43.2 Å². The summed E-state index contributed by atoms with van der Waals surface area (Å²) in [5.41, 5.74) is 0. The fraction of sp³-hybridized carbons (Fsp3) is 0.933. The van der Waals surface area contributed by atoms with Crippen LogP contribution in [0.3, 0.4) is 0 Å². The molecule has 19 heteroatoms. The lowest BCUT2D eigenvalue weighted by Crippen LogP contribution is -2.30. The molecule has 0 saturated heterocycles. The van der Waals surface area contributed by atoms with Crippen molar-refractivity contribution < 1.29 is 80.2 Å². The molecule has 79 heavy (non-hydrogen) atoms. The van der Waals surface area contributed by atoms with Crippen molar-refractivity contribution in [2.45, 2.75) is 316 Å². The summed E-state index contributed by atoms with van der Waals surface area (Å²) in [6.07, 6.45) is 36.4. The number of aliphatic hydroxyl groups excluding tert-OH is 1. The summed E-state index contributed by atoms with van der Waals surface area (Å²) >= 11 is 0. The Hall–Kier alpha value is -1.94. The van der Waals surface area contributed by atoms with E-state index in [1.165, 1.54) is 116 Å². The highest BCUT2D eigenvalue weighted by Crippen LogP contribution is 2.45. The molecule has 0 spiro atoms. The van der Waals surface area contributed by atoms with Crippen LogP contribution in [-0.2, 0) is 65.4 Å². The normalized spacial score (nSPS) is 14.7. The quantitative estimate of drug-likeness (QED) is 0.0222. The molecule has 0 aliphatic rings. The molecule has 0 aliphatic carbocycles. The van der Waals surface area contributed by atoms with Gasteiger partial charge in [0.05, 0.1) is 26.4 Å². The Bertz CT molecular complexity index is 1550. The largest absolute Gasteiger partial charge is 0.472 e. The topological polar surface area (TPSA) is 237 Å². The number of aliphatic hydroxyl groups is 1. The van der Waals surface area contributed by atoms with Gasteiger partial charge in [-0.1, -0.05) is 247 Å². The number of hydrogen-bond donors (Lipinski definition) is 3. The van der Waals surface area contributed by atoms with Crippen molar-refractivity contribution >= 4 is 39.5 Å². The third-order valence-corrected chi connectivity index (χ3v) is 16.0. The number of carbonyl (C=O) groups is 4. The molecule has 0 saturated carbocycles. The van der Waals surface area contributed by atoms with Crippen LogP contribution in [0.25, 0.3) is 0 Å². The molecule has 3 unspecified atom stereocenters. The number of ether oxygens (including phenoxy) is 4. The van der Waals surface area contributed by atoms with Crippen LogP contribution in [0, 0.1) is 5.92 Å². The molecule has 0 amide bonds. The van der Waals surface area contributed by atoms with Gasteiger partial charge in [-0.15, -0.1) is 0 Å². The SMILES string of the molecule is CCCCCCCCCCCCCCC(=O)OC[C@H](COP(=O)(O)OC[C@@H](O)COP(=O)(O)OC[C@@H](COC(=O)CCCCCCC)OC(=O)CCCCCCCCCCCC)OC(=O)CCCCCCCCCCC(C)CC. The average molecular weight is 1170 g/mol. The maximum absolute atomic E-state index is 12.9. The standard InChI is InChI=1S/C60H116O17P2/c1-6-10-13-16-18-20-22-23-25-29-34-39-44-58(63)71-50-56(77-60(65)46-41-36-31-27-26-28-33-37-42-53(5)9-4)52-75-79(68,69)73-48-54(61)47-72-78(66,67)74-51-55(49-70-57(62)43-38-32-15-12-8-3)76-59(64)45-40-35-30-24-21-19-17-14-11-7-2/h53-56,61H,6-52H2,1-5H3,(H,66,67)(H,68,69)/t53?,54-,55+,56+/m0/s1. The molecule has 0 aliphatic heterocycles. The Morgan fingerprint density at radius 1 is 0.354 bits per heavy atom. The maximum Gasteiger partial charge on any atom is 0.472 e. The molecule has 0 aromatic carbocycles. The van der Waals surface area contributed by atoms with Crippen LogP contribution in [0.2, 0.25) is 0 Å². The minimum atomic E-state index is -4.94. The monoisotopic (exact) mass is 1170 g/mol. The Morgan fingerprint density at radius 2 is 0.608 bits per heavy atom. The van der Waals surface area contributed by atoms with Crippen molar-refractivity contribution in [1.29, 1.82) is 0 Å². The predicted octanol–water partition coefficient (Wildman–Crippen LogP) is 16.2. The van der Waals surface area contributed by atoms with Crippen molar-refractivity contribution in [2.75, 3.05) is 39.6 Å². The molecule has 0 aromatic rings. The van der Waals surface area contributed by atoms with Gasteiger partial charge >= 0.3 is 39.5 Å². The molecule has 0 fully saturated rings. The van der Waals surface area contributed by atoms with E-state index in [2.05, 4.69) is 34.6 Å². The average Bonchev–Trinajstić information content (AvgIpc) is 3.42. The van der Waals surface area contributed by atoms with E-state index < -0.39 is 97.5 Å². The van der Waals surface area contributed by atoms with E-state index in [-0.39, 0.29) is 25.7 Å². The van der Waals surface area contributed by atoms with E-state index >= 15 is 0 Å². The van der Waals surface area contributed by atoms with Gasteiger partial charge in [-0.3, -0.25) is 37.3 Å². The molecule has 0 radical (unpaired) electrons. The Balaban J connectivity index is 5.19. The fourth-order valence-electron chi connectivity index (χ4n) is 8.84. The molecule has 3 N–H and O–H groups in total. The summed E-state index contributed by atoms with van der Waals surface area (Å²) in [5.74, 6) is -1.38. The number of unbranched alkanes of at least 4 members (excludes halogenated alkanes) is 31. The first kappa shape index (κ1) is 77.1. The Morgan fingerprint density at radius 3 is 0.899 bits per heavy atom. The van der Waals surface area contributed by atoms with Crippen LogP contribution >= 0.6 is 15.6 Å². The smallest absolute Gasteiger partial charge is 0.462 e. The van der Waals surface area contributed by atoms with Gasteiger partial charge in [-0.25, -0.2) is 9.13 Å². The molecule has 0 heterocycles. The second-order valence-electron chi connectivity index (χ2n) is 22.0. The lowest BCUT2D eigenvalue weighted by atomic mass is 9.99. The highest BCUT2D eigenvalue weighted by Gasteiger charge is 2.30. The zero-order chi connectivity index (χ0) is 58.5. The highest BCUT2D eigenvalue weighted by atomic mass is 31.2. The molecule has 6 atom stereocenters. The van der Waals surface area contributed by atoms with Crippen LogP contribution in [-0.4, -0.2) is 96.7 Å². The number of hydrogen-bond acceptors (Lipinski definition) is 15. The van der Waals surface area contributed by atoms with Gasteiger partial charge in [0.1, 0.15) is 19.3 Å².